The van der Waals surface area contributed by atoms with Gasteiger partial charge in [-0.15, -0.1) is 0 Å². The number of urea groups is 1. The minimum Gasteiger partial charge on any atom is -0.491 e. The summed E-state index contributed by atoms with van der Waals surface area (Å²) in [6, 6.07) is 4.10. The summed E-state index contributed by atoms with van der Waals surface area (Å²) >= 11 is 0. The minimum atomic E-state index is -0.118. The summed E-state index contributed by atoms with van der Waals surface area (Å²) in [5, 5.41) is 5.65. The van der Waals surface area contributed by atoms with Crippen LogP contribution in [-0.2, 0) is 0 Å². The van der Waals surface area contributed by atoms with E-state index >= 15 is 0 Å². The molecule has 0 unspecified atom stereocenters. The predicted octanol–water partition coefficient (Wildman–Crippen LogP) is 3.48. The van der Waals surface area contributed by atoms with Crippen LogP contribution in [-0.4, -0.2) is 25.7 Å². The van der Waals surface area contributed by atoms with Crippen LogP contribution in [0.5, 0.6) is 5.75 Å². The Balaban J connectivity index is 2.24. The molecule has 0 aliphatic heterocycles. The Kier molecular flexibility index (Phi) is 7.65. The van der Waals surface area contributed by atoms with E-state index in [-0.39, 0.29) is 6.03 Å². The molecular weight excluding hydrogens is 264 g/mol. The number of unbranched alkanes of at least 4 members (excludes halogenated alkanes) is 2. The van der Waals surface area contributed by atoms with Crippen molar-refractivity contribution >= 4 is 6.03 Å². The average Bonchev–Trinajstić information content (AvgIpc) is 2.41. The lowest BCUT2D eigenvalue weighted by Gasteiger charge is -2.13. The Labute approximate surface area is 128 Å². The minimum absolute atomic E-state index is 0.118. The van der Waals surface area contributed by atoms with Crippen molar-refractivity contribution in [1.29, 1.82) is 0 Å². The third-order valence-corrected chi connectivity index (χ3v) is 3.30. The monoisotopic (exact) mass is 292 g/mol. The molecule has 2 amide bonds. The molecule has 0 aliphatic carbocycles. The van der Waals surface area contributed by atoms with Gasteiger partial charge in [0.15, 0.2) is 0 Å². The highest BCUT2D eigenvalue weighted by molar-refractivity contribution is 5.73. The van der Waals surface area contributed by atoms with Gasteiger partial charge in [0.2, 0.25) is 0 Å². The zero-order valence-corrected chi connectivity index (χ0v) is 13.7. The number of carbonyl (C=O) groups is 1. The van der Waals surface area contributed by atoms with Crippen molar-refractivity contribution in [2.75, 3.05) is 19.7 Å². The largest absolute Gasteiger partial charge is 0.491 e. The van der Waals surface area contributed by atoms with Gasteiger partial charge in [0, 0.05) is 6.54 Å². The van der Waals surface area contributed by atoms with Gasteiger partial charge in [-0.1, -0.05) is 37.5 Å². The summed E-state index contributed by atoms with van der Waals surface area (Å²) in [5.41, 5.74) is 3.51. The Morgan fingerprint density at radius 2 is 1.67 bits per heavy atom. The molecule has 0 atom stereocenters. The molecule has 4 heteroatoms. The van der Waals surface area contributed by atoms with Gasteiger partial charge >= 0.3 is 6.03 Å². The molecule has 1 aromatic carbocycles. The van der Waals surface area contributed by atoms with Crippen LogP contribution in [0.1, 0.15) is 42.9 Å². The van der Waals surface area contributed by atoms with Crippen LogP contribution in [0, 0.1) is 20.8 Å². The fourth-order valence-corrected chi connectivity index (χ4v) is 2.35. The molecule has 4 nitrogen and oxygen atoms in total. The van der Waals surface area contributed by atoms with E-state index in [1.54, 1.807) is 0 Å². The third-order valence-electron chi connectivity index (χ3n) is 3.30. The van der Waals surface area contributed by atoms with E-state index in [0.29, 0.717) is 13.2 Å². The number of rotatable bonds is 8. The summed E-state index contributed by atoms with van der Waals surface area (Å²) in [7, 11) is 0. The van der Waals surface area contributed by atoms with Crippen molar-refractivity contribution in [3.8, 4) is 5.75 Å². The number of benzene rings is 1. The third kappa shape index (κ3) is 6.52. The van der Waals surface area contributed by atoms with Crippen LogP contribution in [0.2, 0.25) is 0 Å². The lowest BCUT2D eigenvalue weighted by atomic mass is 10.1. The molecule has 0 heterocycles. The molecule has 0 aliphatic rings. The SMILES string of the molecule is CCCCCNC(=O)NCCOc1c(C)cc(C)cc1C. The van der Waals surface area contributed by atoms with Gasteiger partial charge in [-0.2, -0.15) is 0 Å². The molecule has 0 saturated heterocycles. The predicted molar refractivity (Wildman–Crippen MR) is 87.1 cm³/mol. The van der Waals surface area contributed by atoms with Gasteiger partial charge < -0.3 is 15.4 Å². The van der Waals surface area contributed by atoms with Crippen molar-refractivity contribution in [3.05, 3.63) is 28.8 Å². The Hall–Kier alpha value is -1.71. The summed E-state index contributed by atoms with van der Waals surface area (Å²) in [6.07, 6.45) is 3.34. The molecule has 0 spiro atoms. The van der Waals surface area contributed by atoms with E-state index in [1.807, 2.05) is 13.8 Å². The number of carbonyl (C=O) groups excluding carboxylic acids is 1. The number of hydrogen-bond donors (Lipinski definition) is 2. The molecule has 1 rings (SSSR count). The molecule has 2 N–H and O–H groups in total. The summed E-state index contributed by atoms with van der Waals surface area (Å²) < 4.78 is 5.77. The fourth-order valence-electron chi connectivity index (χ4n) is 2.35. The zero-order chi connectivity index (χ0) is 15.7. The van der Waals surface area contributed by atoms with Crippen LogP contribution in [0.3, 0.4) is 0 Å². The quantitative estimate of drug-likeness (QED) is 0.721. The maximum Gasteiger partial charge on any atom is 0.314 e. The highest BCUT2D eigenvalue weighted by Gasteiger charge is 2.05. The summed E-state index contributed by atoms with van der Waals surface area (Å²) in [6.45, 7) is 10.0. The van der Waals surface area contributed by atoms with Gasteiger partial charge in [-0.3, -0.25) is 0 Å². The van der Waals surface area contributed by atoms with Crippen LogP contribution in [0.15, 0.2) is 12.1 Å². The second kappa shape index (κ2) is 9.27. The highest BCUT2D eigenvalue weighted by Crippen LogP contribution is 2.24. The second-order valence-corrected chi connectivity index (χ2v) is 5.47. The first-order valence-electron chi connectivity index (χ1n) is 7.77. The number of nitrogens with one attached hydrogen (secondary N) is 2. The van der Waals surface area contributed by atoms with Gasteiger partial charge in [-0.25, -0.2) is 4.79 Å². The lowest BCUT2D eigenvalue weighted by Crippen LogP contribution is -2.38. The van der Waals surface area contributed by atoms with Gasteiger partial charge in [0.1, 0.15) is 12.4 Å². The number of amides is 2. The number of aryl methyl sites for hydroxylation is 3. The topological polar surface area (TPSA) is 50.4 Å². The maximum atomic E-state index is 11.5. The van der Waals surface area contributed by atoms with Crippen molar-refractivity contribution in [3.63, 3.8) is 0 Å². The standard InChI is InChI=1S/C17H28N2O2/c1-5-6-7-8-18-17(20)19-9-10-21-16-14(3)11-13(2)12-15(16)4/h11-12H,5-10H2,1-4H3,(H2,18,19,20). The van der Waals surface area contributed by atoms with Crippen LogP contribution < -0.4 is 15.4 Å². The van der Waals surface area contributed by atoms with Crippen LogP contribution in [0.4, 0.5) is 4.79 Å². The van der Waals surface area contributed by atoms with Crippen molar-refractivity contribution in [2.24, 2.45) is 0 Å². The van der Waals surface area contributed by atoms with Gasteiger partial charge in [0.25, 0.3) is 0 Å². The van der Waals surface area contributed by atoms with E-state index in [9.17, 15) is 4.79 Å². The van der Waals surface area contributed by atoms with Crippen molar-refractivity contribution in [2.45, 2.75) is 47.0 Å². The summed E-state index contributed by atoms with van der Waals surface area (Å²) in [5.74, 6) is 0.922. The summed E-state index contributed by atoms with van der Waals surface area (Å²) in [4.78, 5) is 11.5. The molecule has 0 aromatic heterocycles. The van der Waals surface area contributed by atoms with E-state index in [1.165, 1.54) is 5.56 Å². The van der Waals surface area contributed by atoms with Gasteiger partial charge in [0.05, 0.1) is 6.54 Å². The molecule has 118 valence electrons. The molecule has 0 saturated carbocycles. The average molecular weight is 292 g/mol. The van der Waals surface area contributed by atoms with E-state index in [4.69, 9.17) is 4.74 Å². The first kappa shape index (κ1) is 17.3. The lowest BCUT2D eigenvalue weighted by molar-refractivity contribution is 0.236. The van der Waals surface area contributed by atoms with Crippen LogP contribution >= 0.6 is 0 Å². The van der Waals surface area contributed by atoms with Crippen molar-refractivity contribution < 1.29 is 9.53 Å². The van der Waals surface area contributed by atoms with Crippen LogP contribution in [0.25, 0.3) is 0 Å². The fraction of sp³-hybridized carbons (Fsp3) is 0.588. The van der Waals surface area contributed by atoms with Crippen molar-refractivity contribution in [1.82, 2.24) is 10.6 Å². The van der Waals surface area contributed by atoms with Gasteiger partial charge in [-0.05, 0) is 38.3 Å². The smallest absolute Gasteiger partial charge is 0.314 e. The van der Waals surface area contributed by atoms with E-state index < -0.39 is 0 Å². The first-order valence-corrected chi connectivity index (χ1v) is 7.77. The molecule has 1 aromatic rings. The molecule has 21 heavy (non-hydrogen) atoms. The maximum absolute atomic E-state index is 11.5. The Morgan fingerprint density at radius 3 is 2.29 bits per heavy atom. The van der Waals surface area contributed by atoms with E-state index in [2.05, 4.69) is 36.6 Å². The van der Waals surface area contributed by atoms with E-state index in [0.717, 1.165) is 42.7 Å². The molecular formula is C17H28N2O2. The number of ether oxygens (including phenoxy) is 1. The highest BCUT2D eigenvalue weighted by atomic mass is 16.5. The Morgan fingerprint density at radius 1 is 1.05 bits per heavy atom. The normalized spacial score (nSPS) is 10.3. The molecule has 0 radical (unpaired) electrons. The molecule has 0 bridgehead atoms. The first-order chi connectivity index (χ1) is 10.0. The second-order valence-electron chi connectivity index (χ2n) is 5.47. The Bertz CT molecular complexity index is 435. The zero-order valence-electron chi connectivity index (χ0n) is 13.7. The number of hydrogen-bond acceptors (Lipinski definition) is 2. The molecule has 0 fully saturated rings.